The summed E-state index contributed by atoms with van der Waals surface area (Å²) in [4.78, 5) is 7.76. The van der Waals surface area contributed by atoms with Crippen molar-refractivity contribution in [3.8, 4) is 5.88 Å². The first kappa shape index (κ1) is 33.5. The van der Waals surface area contributed by atoms with Gasteiger partial charge in [-0.05, 0) is 45.9 Å². The molecule has 2 aliphatic heterocycles. The SMILES string of the molecule is CC1(C)OC[C@H](CO)O1.CC1(C)OC[C@H](COc2cc(N)ccn2)O1.Nc1ccnc(Cl)c1.S.S. The number of aromatic nitrogens is 2. The molecule has 13 heteroatoms. The molecular weight excluding hydrogens is 516 g/mol. The van der Waals surface area contributed by atoms with Crippen LogP contribution in [0.1, 0.15) is 27.7 Å². The van der Waals surface area contributed by atoms with E-state index in [1.165, 1.54) is 0 Å². The van der Waals surface area contributed by atoms with Crippen molar-refractivity contribution < 1.29 is 28.8 Å². The lowest BCUT2D eigenvalue weighted by Crippen LogP contribution is -2.25. The molecule has 2 atom stereocenters. The molecule has 2 fully saturated rings. The van der Waals surface area contributed by atoms with Gasteiger partial charge in [0, 0.05) is 29.8 Å². The van der Waals surface area contributed by atoms with E-state index in [2.05, 4.69) is 9.97 Å². The Kier molecular flexibility index (Phi) is 14.9. The van der Waals surface area contributed by atoms with Gasteiger partial charge < -0.3 is 40.3 Å². The van der Waals surface area contributed by atoms with E-state index in [0.717, 1.165) is 0 Å². The summed E-state index contributed by atoms with van der Waals surface area (Å²) in [5, 5.41) is 9.03. The molecule has 2 aromatic heterocycles. The zero-order valence-corrected chi connectivity index (χ0v) is 23.1. The maximum Gasteiger partial charge on any atom is 0.215 e. The summed E-state index contributed by atoms with van der Waals surface area (Å²) in [6, 6.07) is 6.68. The number of ether oxygens (including phenoxy) is 5. The summed E-state index contributed by atoms with van der Waals surface area (Å²) in [6.07, 6.45) is 3.00. The van der Waals surface area contributed by atoms with Crippen LogP contribution in [0.5, 0.6) is 5.88 Å². The van der Waals surface area contributed by atoms with Gasteiger partial charge in [0.1, 0.15) is 24.0 Å². The highest BCUT2D eigenvalue weighted by molar-refractivity contribution is 7.59. The number of pyridine rings is 2. The van der Waals surface area contributed by atoms with E-state index in [1.54, 1.807) is 36.7 Å². The maximum atomic E-state index is 8.59. The minimum atomic E-state index is -0.517. The van der Waals surface area contributed by atoms with Gasteiger partial charge in [-0.25, -0.2) is 9.97 Å². The summed E-state index contributed by atoms with van der Waals surface area (Å²) in [5.41, 5.74) is 12.2. The fourth-order valence-electron chi connectivity index (χ4n) is 2.80. The number of hydrogen-bond donors (Lipinski definition) is 3. The molecule has 10 nitrogen and oxygen atoms in total. The molecule has 5 N–H and O–H groups in total. The molecule has 4 heterocycles. The van der Waals surface area contributed by atoms with E-state index in [4.69, 9.17) is 51.9 Å². The van der Waals surface area contributed by atoms with Gasteiger partial charge >= 0.3 is 0 Å². The van der Waals surface area contributed by atoms with Gasteiger partial charge in [0.15, 0.2) is 11.6 Å². The predicted octanol–water partition coefficient (Wildman–Crippen LogP) is 2.87. The highest BCUT2D eigenvalue weighted by Gasteiger charge is 2.33. The van der Waals surface area contributed by atoms with Crippen molar-refractivity contribution in [1.29, 1.82) is 0 Å². The molecule has 2 saturated heterocycles. The van der Waals surface area contributed by atoms with Crippen LogP contribution in [0.2, 0.25) is 5.15 Å². The van der Waals surface area contributed by atoms with Crippen LogP contribution in [-0.4, -0.2) is 65.3 Å². The van der Waals surface area contributed by atoms with Gasteiger partial charge in [-0.1, -0.05) is 11.6 Å². The van der Waals surface area contributed by atoms with Gasteiger partial charge in [-0.2, -0.15) is 27.0 Å². The molecule has 0 spiro atoms. The third kappa shape index (κ3) is 13.4. The Balaban J connectivity index is 0.000000523. The summed E-state index contributed by atoms with van der Waals surface area (Å²) in [7, 11) is 0. The van der Waals surface area contributed by atoms with Crippen molar-refractivity contribution in [3.05, 3.63) is 41.8 Å². The Labute approximate surface area is 225 Å². The molecule has 0 aromatic carbocycles. The molecule has 4 rings (SSSR count). The van der Waals surface area contributed by atoms with E-state index < -0.39 is 11.6 Å². The molecule has 0 amide bonds. The van der Waals surface area contributed by atoms with Crippen molar-refractivity contribution in [2.75, 3.05) is 37.9 Å². The number of rotatable bonds is 4. The molecule has 35 heavy (non-hydrogen) atoms. The molecule has 0 saturated carbocycles. The van der Waals surface area contributed by atoms with E-state index in [0.29, 0.717) is 42.2 Å². The molecule has 2 aliphatic rings. The fraction of sp³-hybridized carbons (Fsp3) is 0.545. The summed E-state index contributed by atoms with van der Waals surface area (Å²) in [6.45, 7) is 8.94. The first-order valence-electron chi connectivity index (χ1n) is 10.4. The van der Waals surface area contributed by atoms with Gasteiger partial charge in [0.2, 0.25) is 5.88 Å². The molecule has 0 aliphatic carbocycles. The van der Waals surface area contributed by atoms with Crippen LogP contribution in [0.25, 0.3) is 0 Å². The first-order valence-corrected chi connectivity index (χ1v) is 10.8. The highest BCUT2D eigenvalue weighted by Crippen LogP contribution is 2.23. The monoisotopic (exact) mass is 552 g/mol. The third-order valence-corrected chi connectivity index (χ3v) is 4.47. The molecule has 0 unspecified atom stereocenters. The topological polar surface area (TPSA) is 144 Å². The largest absolute Gasteiger partial charge is 0.475 e. The van der Waals surface area contributed by atoms with E-state index >= 15 is 0 Å². The second-order valence-electron chi connectivity index (χ2n) is 8.23. The number of aliphatic hydroxyl groups excluding tert-OH is 1. The number of nitrogens with zero attached hydrogens (tertiary/aromatic N) is 2. The predicted molar refractivity (Wildman–Crippen MR) is 145 cm³/mol. The van der Waals surface area contributed by atoms with E-state index in [9.17, 15) is 0 Å². The van der Waals surface area contributed by atoms with E-state index in [-0.39, 0.29) is 45.8 Å². The first-order chi connectivity index (χ1) is 15.5. The van der Waals surface area contributed by atoms with Crippen LogP contribution in [0.4, 0.5) is 11.4 Å². The smallest absolute Gasteiger partial charge is 0.215 e. The lowest BCUT2D eigenvalue weighted by atomic mass is 10.4. The Morgan fingerprint density at radius 1 is 0.943 bits per heavy atom. The second kappa shape index (κ2) is 15.6. The molecule has 0 bridgehead atoms. The van der Waals surface area contributed by atoms with E-state index in [1.807, 2.05) is 27.7 Å². The normalized spacial score (nSPS) is 21.2. The quantitative estimate of drug-likeness (QED) is 0.484. The van der Waals surface area contributed by atoms with Crippen molar-refractivity contribution >= 4 is 50.0 Å². The minimum Gasteiger partial charge on any atom is -0.475 e. The zero-order chi connectivity index (χ0) is 24.5. The molecule has 2 aromatic rings. The molecular formula is C22H37ClN4O6S2. The Hall–Kier alpha value is -1.51. The molecule has 0 radical (unpaired) electrons. The van der Waals surface area contributed by atoms with Gasteiger partial charge in [-0.3, -0.25) is 0 Å². The van der Waals surface area contributed by atoms with Crippen LogP contribution >= 0.6 is 38.6 Å². The number of anilines is 2. The fourth-order valence-corrected chi connectivity index (χ4v) is 2.98. The summed E-state index contributed by atoms with van der Waals surface area (Å²) >= 11 is 5.45. The van der Waals surface area contributed by atoms with Gasteiger partial charge in [0.05, 0.1) is 19.8 Å². The number of hydrogen-bond acceptors (Lipinski definition) is 10. The summed E-state index contributed by atoms with van der Waals surface area (Å²) < 4.78 is 26.9. The second-order valence-corrected chi connectivity index (χ2v) is 8.62. The average molecular weight is 553 g/mol. The van der Waals surface area contributed by atoms with Crippen LogP contribution < -0.4 is 16.2 Å². The number of nitrogens with two attached hydrogens (primary N) is 2. The number of nitrogen functional groups attached to an aromatic ring is 2. The maximum absolute atomic E-state index is 8.59. The van der Waals surface area contributed by atoms with Gasteiger partial charge in [-0.15, -0.1) is 0 Å². The van der Waals surface area contributed by atoms with Crippen LogP contribution in [0, 0.1) is 0 Å². The van der Waals surface area contributed by atoms with Gasteiger partial charge in [0.25, 0.3) is 0 Å². The standard InChI is InChI=1S/C11H16N2O3.C6H12O3.C5H5ClN2.2H2S/c1-11(2)15-7-9(16-11)6-14-10-5-8(12)3-4-13-10;1-6(2)8-4-5(3-7)9-6;6-5-3-4(7)1-2-8-5;;/h3-5,9H,6-7H2,1-2H3,(H2,12,13);5,7H,3-4H2,1-2H3;1-3H,(H2,7,8);2*1H2/t9-;5-;;;/m00.../s1. The average Bonchev–Trinajstić information content (AvgIpc) is 3.27. The minimum absolute atomic E-state index is 0. The van der Waals surface area contributed by atoms with Crippen LogP contribution in [-0.2, 0) is 18.9 Å². The highest BCUT2D eigenvalue weighted by atomic mass is 35.5. The van der Waals surface area contributed by atoms with Crippen LogP contribution in [0.15, 0.2) is 36.7 Å². The Morgan fingerprint density at radius 3 is 1.83 bits per heavy atom. The Morgan fingerprint density at radius 2 is 1.46 bits per heavy atom. The van der Waals surface area contributed by atoms with Crippen molar-refractivity contribution in [3.63, 3.8) is 0 Å². The molecule has 200 valence electrons. The number of aliphatic hydroxyl groups is 1. The Bertz CT molecular complexity index is 864. The lowest BCUT2D eigenvalue weighted by molar-refractivity contribution is -0.142. The van der Waals surface area contributed by atoms with Crippen molar-refractivity contribution in [1.82, 2.24) is 9.97 Å². The zero-order valence-electron chi connectivity index (χ0n) is 20.4. The van der Waals surface area contributed by atoms with Crippen LogP contribution in [0.3, 0.4) is 0 Å². The lowest BCUT2D eigenvalue weighted by Gasteiger charge is -2.17. The summed E-state index contributed by atoms with van der Waals surface area (Å²) in [5.74, 6) is -0.502. The number of halogens is 1. The van der Waals surface area contributed by atoms with Crippen molar-refractivity contribution in [2.24, 2.45) is 0 Å². The third-order valence-electron chi connectivity index (χ3n) is 4.26. The van der Waals surface area contributed by atoms with Crippen molar-refractivity contribution in [2.45, 2.75) is 51.5 Å².